The van der Waals surface area contributed by atoms with Crippen molar-refractivity contribution in [3.05, 3.63) is 0 Å². The van der Waals surface area contributed by atoms with Crippen LogP contribution in [0.3, 0.4) is 0 Å². The molecule has 0 aromatic heterocycles. The maximum Gasteiger partial charge on any atom is 0.322 e. The molecule has 1 unspecified atom stereocenters. The number of carboxylic acid groups (broad SMARTS) is 1. The first-order valence-corrected chi connectivity index (χ1v) is 2.64. The number of nitrogens with two attached hydrogens (primary N) is 1. The first kappa shape index (κ1) is 8.70. The van der Waals surface area contributed by atoms with Crippen LogP contribution in [0.4, 0.5) is 0 Å². The van der Waals surface area contributed by atoms with Crippen molar-refractivity contribution < 1.29 is 9.90 Å². The highest BCUT2D eigenvalue weighted by molar-refractivity contribution is 5.73. The summed E-state index contributed by atoms with van der Waals surface area (Å²) in [5.74, 6) is 3.76. The quantitative estimate of drug-likeness (QED) is 0.167. The minimum absolute atomic E-state index is 0.669. The molecule has 0 saturated carbocycles. The monoisotopic (exact) mass is 146 g/mol. The number of nitrogens with zero attached hydrogens (tertiary/aromatic N) is 1. The number of hydrazone groups is 1. The Labute approximate surface area is 58.1 Å². The van der Waals surface area contributed by atoms with Gasteiger partial charge in [0, 0.05) is 0 Å². The van der Waals surface area contributed by atoms with Crippen molar-refractivity contribution in [1.29, 1.82) is 0 Å². The van der Waals surface area contributed by atoms with Gasteiger partial charge < -0.3 is 16.4 Å². The number of nitrogens with one attached hydrogen (secondary N) is 2. The Balaban J connectivity index is 3.39. The second-order valence-corrected chi connectivity index (χ2v) is 1.63. The topological polar surface area (TPSA) is 99.7 Å². The van der Waals surface area contributed by atoms with Crippen LogP contribution in [0.1, 0.15) is 6.92 Å². The van der Waals surface area contributed by atoms with Crippen LogP contribution in [0.25, 0.3) is 0 Å². The van der Waals surface area contributed by atoms with Crippen molar-refractivity contribution >= 4 is 12.3 Å². The summed E-state index contributed by atoms with van der Waals surface area (Å²) < 4.78 is 0. The van der Waals surface area contributed by atoms with E-state index < -0.39 is 12.0 Å². The van der Waals surface area contributed by atoms with Crippen molar-refractivity contribution in [2.45, 2.75) is 13.0 Å². The molecular formula is C4H10N4O2. The molecule has 0 saturated heterocycles. The van der Waals surface area contributed by atoms with E-state index in [-0.39, 0.29) is 0 Å². The third-order valence-corrected chi connectivity index (χ3v) is 0.809. The second kappa shape index (κ2) is 4.57. The number of rotatable bonds is 4. The SMILES string of the molecule is CC(NN/C=N/N)C(=O)O. The molecule has 0 fully saturated rings. The second-order valence-electron chi connectivity index (χ2n) is 1.63. The summed E-state index contributed by atoms with van der Waals surface area (Å²) in [6.45, 7) is 1.49. The summed E-state index contributed by atoms with van der Waals surface area (Å²) in [5.41, 5.74) is 4.77. The van der Waals surface area contributed by atoms with Gasteiger partial charge in [0.2, 0.25) is 0 Å². The first-order chi connectivity index (χ1) is 4.68. The van der Waals surface area contributed by atoms with Crippen LogP contribution in [0.15, 0.2) is 5.10 Å². The Hall–Kier alpha value is -1.30. The summed E-state index contributed by atoms with van der Waals surface area (Å²) in [5, 5.41) is 11.4. The number of hydrogen-bond donors (Lipinski definition) is 4. The molecule has 0 radical (unpaired) electrons. The average molecular weight is 146 g/mol. The van der Waals surface area contributed by atoms with Gasteiger partial charge >= 0.3 is 5.97 Å². The Morgan fingerprint density at radius 3 is 2.90 bits per heavy atom. The van der Waals surface area contributed by atoms with Crippen LogP contribution in [0.5, 0.6) is 0 Å². The molecule has 58 valence electrons. The molecule has 6 nitrogen and oxygen atoms in total. The van der Waals surface area contributed by atoms with E-state index in [1.165, 1.54) is 6.92 Å². The van der Waals surface area contributed by atoms with Crippen LogP contribution in [0.2, 0.25) is 0 Å². The van der Waals surface area contributed by atoms with E-state index >= 15 is 0 Å². The smallest absolute Gasteiger partial charge is 0.322 e. The summed E-state index contributed by atoms with van der Waals surface area (Å²) in [6.07, 6.45) is 1.15. The van der Waals surface area contributed by atoms with Crippen LogP contribution < -0.4 is 16.7 Å². The Morgan fingerprint density at radius 1 is 1.90 bits per heavy atom. The van der Waals surface area contributed by atoms with E-state index in [0.29, 0.717) is 0 Å². The zero-order valence-electron chi connectivity index (χ0n) is 5.53. The summed E-state index contributed by atoms with van der Waals surface area (Å²) in [7, 11) is 0. The van der Waals surface area contributed by atoms with Crippen LogP contribution in [-0.2, 0) is 4.79 Å². The van der Waals surface area contributed by atoms with Gasteiger partial charge in [0.1, 0.15) is 12.4 Å². The molecule has 0 aliphatic carbocycles. The molecule has 0 amide bonds. The van der Waals surface area contributed by atoms with Crippen molar-refractivity contribution in [2.24, 2.45) is 10.9 Å². The van der Waals surface area contributed by atoms with Crippen molar-refractivity contribution in [2.75, 3.05) is 0 Å². The van der Waals surface area contributed by atoms with E-state index in [9.17, 15) is 4.79 Å². The lowest BCUT2D eigenvalue weighted by Crippen LogP contribution is -2.42. The maximum atomic E-state index is 10.1. The molecule has 5 N–H and O–H groups in total. The lowest BCUT2D eigenvalue weighted by atomic mass is 10.4. The van der Waals surface area contributed by atoms with Gasteiger partial charge in [-0.05, 0) is 6.92 Å². The molecule has 0 bridgehead atoms. The number of carboxylic acids is 1. The Morgan fingerprint density at radius 2 is 2.50 bits per heavy atom. The lowest BCUT2D eigenvalue weighted by Gasteiger charge is -2.06. The molecule has 0 heterocycles. The summed E-state index contributed by atoms with van der Waals surface area (Å²) >= 11 is 0. The highest BCUT2D eigenvalue weighted by Gasteiger charge is 2.07. The molecule has 0 aromatic carbocycles. The fourth-order valence-corrected chi connectivity index (χ4v) is 0.261. The molecule has 6 heteroatoms. The average Bonchev–Trinajstić information content (AvgIpc) is 1.88. The standard InChI is InChI=1S/C4H10N4O2/c1-3(4(9)10)8-7-2-6-5/h2-3,8H,5H2,1H3,(H,6,7)(H,9,10). The summed E-state index contributed by atoms with van der Waals surface area (Å²) in [4.78, 5) is 10.1. The minimum atomic E-state index is -0.946. The van der Waals surface area contributed by atoms with Crippen molar-refractivity contribution in [3.8, 4) is 0 Å². The predicted molar refractivity (Wildman–Crippen MR) is 36.0 cm³/mol. The normalized spacial score (nSPS) is 13.3. The van der Waals surface area contributed by atoms with E-state index in [2.05, 4.69) is 16.0 Å². The number of aliphatic carboxylic acids is 1. The van der Waals surface area contributed by atoms with E-state index in [4.69, 9.17) is 10.9 Å². The Bertz CT molecular complexity index is 135. The molecule has 1 atom stereocenters. The van der Waals surface area contributed by atoms with E-state index in [1.54, 1.807) is 0 Å². The number of hydrazine groups is 1. The fourth-order valence-electron chi connectivity index (χ4n) is 0.261. The molecular weight excluding hydrogens is 136 g/mol. The Kier molecular flexibility index (Phi) is 3.97. The van der Waals surface area contributed by atoms with E-state index in [1.807, 2.05) is 0 Å². The number of carbonyl (C=O) groups is 1. The van der Waals surface area contributed by atoms with Gasteiger partial charge in [-0.25, -0.2) is 5.43 Å². The largest absolute Gasteiger partial charge is 0.480 e. The summed E-state index contributed by atoms with van der Waals surface area (Å²) in [6, 6.07) is -0.669. The van der Waals surface area contributed by atoms with Gasteiger partial charge in [-0.3, -0.25) is 4.79 Å². The minimum Gasteiger partial charge on any atom is -0.480 e. The molecule has 10 heavy (non-hydrogen) atoms. The molecule has 0 rings (SSSR count). The zero-order valence-corrected chi connectivity index (χ0v) is 5.53. The zero-order chi connectivity index (χ0) is 7.98. The van der Waals surface area contributed by atoms with Crippen LogP contribution in [0, 0.1) is 0 Å². The van der Waals surface area contributed by atoms with Gasteiger partial charge in [-0.2, -0.15) is 5.10 Å². The van der Waals surface area contributed by atoms with Gasteiger partial charge in [0.15, 0.2) is 0 Å². The lowest BCUT2D eigenvalue weighted by molar-refractivity contribution is -0.139. The number of hydrogen-bond acceptors (Lipinski definition) is 4. The van der Waals surface area contributed by atoms with Gasteiger partial charge in [-0.15, -0.1) is 0 Å². The predicted octanol–water partition coefficient (Wildman–Crippen LogP) is -1.54. The molecule has 0 aromatic rings. The molecule has 0 aliphatic rings. The molecule has 0 aliphatic heterocycles. The fraction of sp³-hybridized carbons (Fsp3) is 0.500. The van der Waals surface area contributed by atoms with Crippen LogP contribution in [-0.4, -0.2) is 23.5 Å². The van der Waals surface area contributed by atoms with Gasteiger partial charge in [0.05, 0.1) is 0 Å². The van der Waals surface area contributed by atoms with Gasteiger partial charge in [-0.1, -0.05) is 0 Å². The highest BCUT2D eigenvalue weighted by atomic mass is 16.4. The third-order valence-electron chi connectivity index (χ3n) is 0.809. The highest BCUT2D eigenvalue weighted by Crippen LogP contribution is 1.74. The maximum absolute atomic E-state index is 10.1. The first-order valence-electron chi connectivity index (χ1n) is 2.64. The van der Waals surface area contributed by atoms with E-state index in [0.717, 1.165) is 6.34 Å². The van der Waals surface area contributed by atoms with Crippen molar-refractivity contribution in [3.63, 3.8) is 0 Å². The molecule has 0 spiro atoms. The third kappa shape index (κ3) is 3.67. The van der Waals surface area contributed by atoms with Crippen LogP contribution >= 0.6 is 0 Å². The van der Waals surface area contributed by atoms with Gasteiger partial charge in [0.25, 0.3) is 0 Å². The van der Waals surface area contributed by atoms with Crippen molar-refractivity contribution in [1.82, 2.24) is 10.9 Å².